The van der Waals surface area contributed by atoms with Crippen molar-refractivity contribution in [3.63, 3.8) is 0 Å². The summed E-state index contributed by atoms with van der Waals surface area (Å²) in [5.41, 5.74) is 3.08. The van der Waals surface area contributed by atoms with E-state index in [1.165, 1.54) is 31.2 Å². The highest BCUT2D eigenvalue weighted by Gasteiger charge is 2.48. The Morgan fingerprint density at radius 3 is 1.96 bits per heavy atom. The van der Waals surface area contributed by atoms with Crippen molar-refractivity contribution in [3.8, 4) is 0 Å². The average Bonchev–Trinajstić information content (AvgIpc) is 3.25. The van der Waals surface area contributed by atoms with Crippen molar-refractivity contribution in [2.75, 3.05) is 0 Å². The lowest BCUT2D eigenvalue weighted by atomic mass is 9.94. The van der Waals surface area contributed by atoms with Crippen LogP contribution in [-0.2, 0) is 16.2 Å². The number of primary sulfonamides is 1. The van der Waals surface area contributed by atoms with Crippen LogP contribution in [0.25, 0.3) is 11.1 Å². The van der Waals surface area contributed by atoms with E-state index >= 15 is 0 Å². The molecule has 2 aromatic carbocycles. The summed E-state index contributed by atoms with van der Waals surface area (Å²) in [6.45, 7) is 1.46. The van der Waals surface area contributed by atoms with E-state index in [1.54, 1.807) is 18.2 Å². The monoisotopic (exact) mass is 407 g/mol. The molecule has 0 amide bonds. The van der Waals surface area contributed by atoms with Gasteiger partial charge in [0.2, 0.25) is 10.0 Å². The van der Waals surface area contributed by atoms with E-state index in [0.717, 1.165) is 42.4 Å². The molecule has 4 rings (SSSR count). The van der Waals surface area contributed by atoms with Crippen molar-refractivity contribution in [2.45, 2.75) is 43.7 Å². The van der Waals surface area contributed by atoms with Crippen molar-refractivity contribution in [1.29, 1.82) is 0 Å². The van der Waals surface area contributed by atoms with Crippen LogP contribution in [0.1, 0.15) is 47.9 Å². The van der Waals surface area contributed by atoms with Gasteiger partial charge in [-0.1, -0.05) is 24.3 Å². The zero-order valence-corrected chi connectivity index (χ0v) is 16.1. The van der Waals surface area contributed by atoms with Gasteiger partial charge in [-0.05, 0) is 84.1 Å². The quantitative estimate of drug-likeness (QED) is 0.765. The Morgan fingerprint density at radius 1 is 0.929 bits per heavy atom. The van der Waals surface area contributed by atoms with E-state index < -0.39 is 21.8 Å². The minimum absolute atomic E-state index is 0.0206. The van der Waals surface area contributed by atoms with E-state index in [0.29, 0.717) is 5.56 Å². The lowest BCUT2D eigenvalue weighted by Crippen LogP contribution is -2.11. The Labute approximate surface area is 162 Å². The number of alkyl halides is 3. The van der Waals surface area contributed by atoms with Gasteiger partial charge in [0, 0.05) is 0 Å². The first kappa shape index (κ1) is 19.2. The largest absolute Gasteiger partial charge is 0.416 e. The molecule has 2 aliphatic carbocycles. The number of nitrogens with two attached hydrogens (primary N) is 1. The average molecular weight is 407 g/mol. The van der Waals surface area contributed by atoms with Crippen LogP contribution >= 0.6 is 0 Å². The van der Waals surface area contributed by atoms with Crippen LogP contribution < -0.4 is 5.14 Å². The zero-order valence-electron chi connectivity index (χ0n) is 15.3. The predicted molar refractivity (Wildman–Crippen MR) is 102 cm³/mol. The Morgan fingerprint density at radius 2 is 1.46 bits per heavy atom. The summed E-state index contributed by atoms with van der Waals surface area (Å²) >= 11 is 0. The van der Waals surface area contributed by atoms with Crippen LogP contribution in [0.4, 0.5) is 13.2 Å². The SMILES string of the molecule is Cc1ccc(C2=C(c3ccc(S(N)(=O)=O)cc3)CC3(CC3)C2)cc1C(F)(F)F. The Balaban J connectivity index is 1.81. The van der Waals surface area contributed by atoms with Gasteiger partial charge in [-0.3, -0.25) is 0 Å². The molecule has 0 unspecified atom stereocenters. The maximum absolute atomic E-state index is 13.4. The van der Waals surface area contributed by atoms with Crippen molar-refractivity contribution in [1.82, 2.24) is 0 Å². The summed E-state index contributed by atoms with van der Waals surface area (Å²) in [7, 11) is -3.79. The van der Waals surface area contributed by atoms with E-state index in [2.05, 4.69) is 0 Å². The maximum atomic E-state index is 13.4. The van der Waals surface area contributed by atoms with Crippen molar-refractivity contribution >= 4 is 21.2 Å². The van der Waals surface area contributed by atoms with E-state index in [1.807, 2.05) is 0 Å². The Bertz CT molecular complexity index is 1080. The number of allylic oxidation sites excluding steroid dienone is 2. The molecular weight excluding hydrogens is 387 g/mol. The number of halogens is 3. The molecule has 2 N–H and O–H groups in total. The minimum atomic E-state index is -4.40. The molecular formula is C21H20F3NO2S. The number of hydrogen-bond donors (Lipinski definition) is 1. The Kier molecular flexibility index (Phi) is 4.25. The minimum Gasteiger partial charge on any atom is -0.225 e. The number of sulfonamides is 1. The topological polar surface area (TPSA) is 60.2 Å². The number of aryl methyl sites for hydroxylation is 1. The second-order valence-electron chi connectivity index (χ2n) is 7.91. The summed E-state index contributed by atoms with van der Waals surface area (Å²) in [6, 6.07) is 10.8. The molecule has 0 bridgehead atoms. The third-order valence-electron chi connectivity index (χ3n) is 5.85. The second kappa shape index (κ2) is 6.19. The number of rotatable bonds is 3. The molecule has 1 fully saturated rings. The summed E-state index contributed by atoms with van der Waals surface area (Å²) in [5, 5.41) is 5.16. The summed E-state index contributed by atoms with van der Waals surface area (Å²) in [5.74, 6) is 0. The van der Waals surface area contributed by atoms with Gasteiger partial charge in [-0.15, -0.1) is 0 Å². The van der Waals surface area contributed by atoms with Crippen molar-refractivity contribution in [2.24, 2.45) is 10.6 Å². The van der Waals surface area contributed by atoms with Gasteiger partial charge < -0.3 is 0 Å². The number of benzene rings is 2. The van der Waals surface area contributed by atoms with E-state index in [9.17, 15) is 21.6 Å². The van der Waals surface area contributed by atoms with Gasteiger partial charge in [0.1, 0.15) is 0 Å². The van der Waals surface area contributed by atoms with Crippen LogP contribution in [0.15, 0.2) is 47.4 Å². The fourth-order valence-electron chi connectivity index (χ4n) is 4.07. The van der Waals surface area contributed by atoms with Crippen molar-refractivity contribution in [3.05, 3.63) is 64.7 Å². The molecule has 0 saturated heterocycles. The van der Waals surface area contributed by atoms with E-state index in [4.69, 9.17) is 5.14 Å². The molecule has 0 heterocycles. The van der Waals surface area contributed by atoms with Crippen LogP contribution in [0.3, 0.4) is 0 Å². The molecule has 2 aromatic rings. The van der Waals surface area contributed by atoms with Crippen LogP contribution in [0.5, 0.6) is 0 Å². The molecule has 1 saturated carbocycles. The fraction of sp³-hybridized carbons (Fsp3) is 0.333. The van der Waals surface area contributed by atoms with E-state index in [-0.39, 0.29) is 15.9 Å². The normalized spacial score (nSPS) is 18.8. The van der Waals surface area contributed by atoms with Gasteiger partial charge in [0.05, 0.1) is 10.5 Å². The molecule has 148 valence electrons. The summed E-state index contributed by atoms with van der Waals surface area (Å²) < 4.78 is 63.1. The zero-order chi connectivity index (χ0) is 20.3. The Hall–Kier alpha value is -2.12. The summed E-state index contributed by atoms with van der Waals surface area (Å²) in [4.78, 5) is 0.0206. The molecule has 1 spiro atoms. The molecule has 7 heteroatoms. The van der Waals surface area contributed by atoms with Crippen LogP contribution in [0, 0.1) is 12.3 Å². The molecule has 0 atom stereocenters. The smallest absolute Gasteiger partial charge is 0.225 e. The highest BCUT2D eigenvalue weighted by atomic mass is 32.2. The van der Waals surface area contributed by atoms with Crippen molar-refractivity contribution < 1.29 is 21.6 Å². The van der Waals surface area contributed by atoms with Gasteiger partial charge in [-0.2, -0.15) is 13.2 Å². The van der Waals surface area contributed by atoms with Gasteiger partial charge in [-0.25, -0.2) is 13.6 Å². The standard InChI is InChI=1S/C21H20F3NO2S/c1-13-2-3-15(10-19(13)21(22,23)24)18-12-20(8-9-20)11-17(18)14-4-6-16(7-5-14)28(25,26)27/h2-7,10H,8-9,11-12H2,1H3,(H2,25,26,27). The maximum Gasteiger partial charge on any atom is 0.416 e. The highest BCUT2D eigenvalue weighted by molar-refractivity contribution is 7.89. The molecule has 0 radical (unpaired) electrons. The predicted octanol–water partition coefficient (Wildman–Crippen LogP) is 5.15. The summed E-state index contributed by atoms with van der Waals surface area (Å²) in [6.07, 6.45) is -0.722. The van der Waals surface area contributed by atoms with Gasteiger partial charge in [0.25, 0.3) is 0 Å². The first-order valence-electron chi connectivity index (χ1n) is 9.02. The molecule has 0 aromatic heterocycles. The number of hydrogen-bond acceptors (Lipinski definition) is 2. The van der Waals surface area contributed by atoms with Crippen LogP contribution in [-0.4, -0.2) is 8.42 Å². The van der Waals surface area contributed by atoms with Gasteiger partial charge in [0.15, 0.2) is 0 Å². The lowest BCUT2D eigenvalue weighted by Gasteiger charge is -2.14. The molecule has 0 aliphatic heterocycles. The third kappa shape index (κ3) is 3.49. The second-order valence-corrected chi connectivity index (χ2v) is 9.47. The lowest BCUT2D eigenvalue weighted by molar-refractivity contribution is -0.138. The fourth-order valence-corrected chi connectivity index (χ4v) is 4.59. The molecule has 28 heavy (non-hydrogen) atoms. The molecule has 3 nitrogen and oxygen atoms in total. The molecule has 2 aliphatic rings. The first-order valence-corrected chi connectivity index (χ1v) is 10.6. The third-order valence-corrected chi connectivity index (χ3v) is 6.78. The first-order chi connectivity index (χ1) is 13.0. The van der Waals surface area contributed by atoms with Gasteiger partial charge >= 0.3 is 6.18 Å². The highest BCUT2D eigenvalue weighted by Crippen LogP contribution is 2.63. The van der Waals surface area contributed by atoms with Crippen LogP contribution in [0.2, 0.25) is 0 Å².